The second-order valence-electron chi connectivity index (χ2n) is 5.30. The highest BCUT2D eigenvalue weighted by Crippen LogP contribution is 2.28. The van der Waals surface area contributed by atoms with E-state index in [4.69, 9.17) is 16.3 Å². The number of nitrogens with one attached hydrogen (secondary N) is 2. The molecule has 2 aromatic carbocycles. The van der Waals surface area contributed by atoms with Crippen LogP contribution in [-0.2, 0) is 10.0 Å². The topological polar surface area (TPSA) is 80.3 Å². The number of hydrogen-bond acceptors (Lipinski definition) is 5. The van der Waals surface area contributed by atoms with Gasteiger partial charge in [0.15, 0.2) is 5.82 Å². The van der Waals surface area contributed by atoms with Crippen LogP contribution in [0.15, 0.2) is 71.6 Å². The lowest BCUT2D eigenvalue weighted by Gasteiger charge is -2.14. The normalized spacial score (nSPS) is 11.0. The van der Waals surface area contributed by atoms with E-state index >= 15 is 0 Å². The van der Waals surface area contributed by atoms with E-state index < -0.39 is 10.0 Å². The summed E-state index contributed by atoms with van der Waals surface area (Å²) in [6.45, 7) is 0. The molecule has 0 amide bonds. The van der Waals surface area contributed by atoms with Crippen molar-refractivity contribution in [3.05, 3.63) is 71.9 Å². The van der Waals surface area contributed by atoms with Gasteiger partial charge in [-0.2, -0.15) is 0 Å². The zero-order valence-electron chi connectivity index (χ0n) is 13.8. The summed E-state index contributed by atoms with van der Waals surface area (Å²) in [5, 5.41) is 3.31. The maximum atomic E-state index is 12.7. The minimum atomic E-state index is -3.79. The molecule has 1 aromatic heterocycles. The summed E-state index contributed by atoms with van der Waals surface area (Å²) in [4.78, 5) is 4.29. The predicted molar refractivity (Wildman–Crippen MR) is 103 cm³/mol. The van der Waals surface area contributed by atoms with Gasteiger partial charge in [0, 0.05) is 5.69 Å². The molecule has 0 bridgehead atoms. The molecule has 0 unspecified atom stereocenters. The molecule has 3 rings (SSSR count). The van der Waals surface area contributed by atoms with Crippen molar-refractivity contribution in [3.63, 3.8) is 0 Å². The van der Waals surface area contributed by atoms with Gasteiger partial charge in [-0.05, 0) is 48.5 Å². The molecule has 0 fully saturated rings. The third kappa shape index (κ3) is 4.25. The molecule has 0 spiro atoms. The van der Waals surface area contributed by atoms with Crippen molar-refractivity contribution in [3.8, 4) is 5.75 Å². The van der Waals surface area contributed by atoms with Crippen molar-refractivity contribution in [2.24, 2.45) is 0 Å². The number of methoxy groups -OCH3 is 1. The largest absolute Gasteiger partial charge is 0.497 e. The average Bonchev–Trinajstić information content (AvgIpc) is 2.65. The fraction of sp³-hybridized carbons (Fsp3) is 0.0556. The van der Waals surface area contributed by atoms with Crippen molar-refractivity contribution in [1.82, 2.24) is 4.98 Å². The number of rotatable bonds is 6. The second kappa shape index (κ2) is 7.63. The fourth-order valence-corrected chi connectivity index (χ4v) is 3.44. The third-order valence-corrected chi connectivity index (χ3v) is 5.10. The molecule has 3 aromatic rings. The van der Waals surface area contributed by atoms with Gasteiger partial charge >= 0.3 is 0 Å². The summed E-state index contributed by atoms with van der Waals surface area (Å²) in [5.74, 6) is 0.879. The number of para-hydroxylation sites is 1. The molecule has 0 atom stereocenters. The Morgan fingerprint density at radius 1 is 0.962 bits per heavy atom. The lowest BCUT2D eigenvalue weighted by molar-refractivity contribution is 0.414. The molecule has 0 aliphatic heterocycles. The van der Waals surface area contributed by atoms with E-state index in [1.54, 1.807) is 18.2 Å². The lowest BCUT2D eigenvalue weighted by Crippen LogP contribution is -2.14. The number of nitrogens with zero attached hydrogens (tertiary/aromatic N) is 1. The van der Waals surface area contributed by atoms with E-state index in [0.29, 0.717) is 11.6 Å². The maximum Gasteiger partial charge on any atom is 0.262 e. The van der Waals surface area contributed by atoms with Crippen molar-refractivity contribution < 1.29 is 13.2 Å². The minimum absolute atomic E-state index is 0.110. The molecule has 1 heterocycles. The van der Waals surface area contributed by atoms with Crippen LogP contribution in [0.1, 0.15) is 0 Å². The average molecular weight is 390 g/mol. The molecule has 26 heavy (non-hydrogen) atoms. The Bertz CT molecular complexity index is 994. The SMILES string of the molecule is COc1ccc(S(=O)(=O)Nc2ccc(Cl)nc2Nc2ccccc2)cc1. The number of benzene rings is 2. The van der Waals surface area contributed by atoms with Crippen LogP contribution < -0.4 is 14.8 Å². The number of anilines is 3. The second-order valence-corrected chi connectivity index (χ2v) is 7.37. The summed E-state index contributed by atoms with van der Waals surface area (Å²) in [6.07, 6.45) is 0. The molecular formula is C18H16ClN3O3S. The van der Waals surface area contributed by atoms with E-state index in [9.17, 15) is 8.42 Å². The van der Waals surface area contributed by atoms with Crippen LogP contribution in [0, 0.1) is 0 Å². The first-order valence-electron chi connectivity index (χ1n) is 7.63. The molecular weight excluding hydrogens is 374 g/mol. The van der Waals surface area contributed by atoms with Crippen LogP contribution >= 0.6 is 11.6 Å². The summed E-state index contributed by atoms with van der Waals surface area (Å²) in [7, 11) is -2.28. The quantitative estimate of drug-likeness (QED) is 0.615. The zero-order chi connectivity index (χ0) is 18.6. The van der Waals surface area contributed by atoms with Gasteiger partial charge in [0.2, 0.25) is 0 Å². The summed E-state index contributed by atoms with van der Waals surface area (Å²) >= 11 is 5.96. The zero-order valence-corrected chi connectivity index (χ0v) is 15.4. The van der Waals surface area contributed by atoms with Crippen molar-refractivity contribution in [2.45, 2.75) is 4.90 Å². The van der Waals surface area contributed by atoms with Gasteiger partial charge in [-0.3, -0.25) is 4.72 Å². The fourth-order valence-electron chi connectivity index (χ4n) is 2.23. The van der Waals surface area contributed by atoms with Crippen LogP contribution in [0.25, 0.3) is 0 Å². The Hall–Kier alpha value is -2.77. The Kier molecular flexibility index (Phi) is 5.29. The number of sulfonamides is 1. The van der Waals surface area contributed by atoms with E-state index in [2.05, 4.69) is 15.0 Å². The standard InChI is InChI=1S/C18H16ClN3O3S/c1-25-14-7-9-15(10-8-14)26(23,24)22-16-11-12-17(19)21-18(16)20-13-5-3-2-4-6-13/h2-12,22H,1H3,(H,20,21). The molecule has 2 N–H and O–H groups in total. The van der Waals surface area contributed by atoms with Crippen LogP contribution in [0.5, 0.6) is 5.75 Å². The molecule has 0 aliphatic rings. The smallest absolute Gasteiger partial charge is 0.262 e. The minimum Gasteiger partial charge on any atom is -0.497 e. The summed E-state index contributed by atoms with van der Waals surface area (Å²) in [6, 6.07) is 18.4. The highest BCUT2D eigenvalue weighted by atomic mass is 35.5. The molecule has 8 heteroatoms. The Morgan fingerprint density at radius 3 is 2.31 bits per heavy atom. The predicted octanol–water partition coefficient (Wildman–Crippen LogP) is 4.29. The number of halogens is 1. The van der Waals surface area contributed by atoms with Crippen LogP contribution in [0.3, 0.4) is 0 Å². The van der Waals surface area contributed by atoms with Gasteiger partial charge in [0.1, 0.15) is 10.9 Å². The van der Waals surface area contributed by atoms with Gasteiger partial charge in [-0.15, -0.1) is 0 Å². The van der Waals surface area contributed by atoms with Gasteiger partial charge in [-0.1, -0.05) is 29.8 Å². The lowest BCUT2D eigenvalue weighted by atomic mass is 10.3. The Labute approximate surface area is 156 Å². The van der Waals surface area contributed by atoms with E-state index in [0.717, 1.165) is 5.69 Å². The molecule has 0 saturated carbocycles. The van der Waals surface area contributed by atoms with Crippen molar-refractivity contribution in [1.29, 1.82) is 0 Å². The molecule has 0 aliphatic carbocycles. The third-order valence-electron chi connectivity index (χ3n) is 3.51. The molecule has 134 valence electrons. The monoisotopic (exact) mass is 389 g/mol. The summed E-state index contributed by atoms with van der Waals surface area (Å²) in [5.41, 5.74) is 1.04. The number of aromatic nitrogens is 1. The summed E-state index contributed by atoms with van der Waals surface area (Å²) < 4.78 is 32.9. The first kappa shape index (κ1) is 18.0. The molecule has 0 radical (unpaired) electrons. The van der Waals surface area contributed by atoms with E-state index in [-0.39, 0.29) is 15.7 Å². The van der Waals surface area contributed by atoms with E-state index in [1.165, 1.54) is 25.3 Å². The number of pyridine rings is 1. The van der Waals surface area contributed by atoms with Crippen molar-refractivity contribution >= 4 is 38.8 Å². The van der Waals surface area contributed by atoms with Crippen LogP contribution in [0.4, 0.5) is 17.2 Å². The van der Waals surface area contributed by atoms with Gasteiger partial charge in [0.25, 0.3) is 10.0 Å². The van der Waals surface area contributed by atoms with E-state index in [1.807, 2.05) is 30.3 Å². The highest BCUT2D eigenvalue weighted by molar-refractivity contribution is 7.92. The molecule has 6 nitrogen and oxygen atoms in total. The van der Waals surface area contributed by atoms with Gasteiger partial charge < -0.3 is 10.1 Å². The molecule has 0 saturated heterocycles. The number of ether oxygens (including phenoxy) is 1. The van der Waals surface area contributed by atoms with Gasteiger partial charge in [-0.25, -0.2) is 13.4 Å². The first-order valence-corrected chi connectivity index (χ1v) is 9.49. The maximum absolute atomic E-state index is 12.7. The van der Waals surface area contributed by atoms with Gasteiger partial charge in [0.05, 0.1) is 17.7 Å². The Morgan fingerprint density at radius 2 is 1.65 bits per heavy atom. The van der Waals surface area contributed by atoms with Crippen LogP contribution in [-0.4, -0.2) is 20.5 Å². The van der Waals surface area contributed by atoms with Crippen molar-refractivity contribution in [2.75, 3.05) is 17.1 Å². The Balaban J connectivity index is 1.91. The highest BCUT2D eigenvalue weighted by Gasteiger charge is 2.17. The first-order chi connectivity index (χ1) is 12.5. The van der Waals surface area contributed by atoms with Crippen LogP contribution in [0.2, 0.25) is 5.15 Å². The number of hydrogen-bond donors (Lipinski definition) is 2.